The molecule has 188 valence electrons. The monoisotopic (exact) mass is 472 g/mol. The van der Waals surface area contributed by atoms with E-state index in [9.17, 15) is 4.79 Å². The molecule has 2 nitrogen and oxygen atoms in total. The van der Waals surface area contributed by atoms with Gasteiger partial charge >= 0.3 is 0 Å². The van der Waals surface area contributed by atoms with Crippen LogP contribution in [0.2, 0.25) is 19.6 Å². The van der Waals surface area contributed by atoms with Crippen molar-refractivity contribution in [3.63, 3.8) is 0 Å². The van der Waals surface area contributed by atoms with Crippen molar-refractivity contribution in [2.45, 2.75) is 125 Å². The Labute approximate surface area is 205 Å². The average molecular weight is 473 g/mol. The van der Waals surface area contributed by atoms with Crippen LogP contribution in [0.1, 0.15) is 98.8 Å². The highest BCUT2D eigenvalue weighted by Gasteiger charge is 2.59. The van der Waals surface area contributed by atoms with Crippen LogP contribution in [-0.4, -0.2) is 20.2 Å². The zero-order chi connectivity index (χ0) is 24.2. The van der Waals surface area contributed by atoms with Crippen LogP contribution < -0.4 is 0 Å². The summed E-state index contributed by atoms with van der Waals surface area (Å²) >= 11 is 0. The molecule has 0 N–H and O–H groups in total. The first kappa shape index (κ1) is 25.7. The highest BCUT2D eigenvalue weighted by Crippen LogP contribution is 2.67. The molecule has 0 radical (unpaired) electrons. The zero-order valence-electron chi connectivity index (χ0n) is 23.0. The molecule has 4 aliphatic rings. The normalized spacial score (nSPS) is 40.6. The second-order valence-electron chi connectivity index (χ2n) is 14.3. The third-order valence-corrected chi connectivity index (χ3v) is 11.9. The second kappa shape index (κ2) is 9.23. The molecule has 8 atom stereocenters. The highest BCUT2D eigenvalue weighted by molar-refractivity contribution is 6.69. The summed E-state index contributed by atoms with van der Waals surface area (Å²) in [4.78, 5) is 12.1. The lowest BCUT2D eigenvalue weighted by atomic mass is 9.46. The van der Waals surface area contributed by atoms with Gasteiger partial charge in [0.15, 0.2) is 14.1 Å². The Hall–Kier alpha value is -0.413. The summed E-state index contributed by atoms with van der Waals surface area (Å²) in [5.74, 6) is 5.26. The van der Waals surface area contributed by atoms with Crippen LogP contribution in [0.15, 0.2) is 11.6 Å². The van der Waals surface area contributed by atoms with Crippen LogP contribution in [0.4, 0.5) is 0 Å². The van der Waals surface area contributed by atoms with Crippen molar-refractivity contribution in [2.24, 2.45) is 46.3 Å². The fourth-order valence-electron chi connectivity index (χ4n) is 9.15. The third kappa shape index (κ3) is 4.84. The summed E-state index contributed by atoms with van der Waals surface area (Å²) in [7, 11) is -1.50. The predicted octanol–water partition coefficient (Wildman–Crippen LogP) is 8.43. The van der Waals surface area contributed by atoms with E-state index in [4.69, 9.17) is 4.43 Å². The fraction of sp³-hybridized carbons (Fsp3) is 0.900. The molecule has 3 fully saturated rings. The van der Waals surface area contributed by atoms with E-state index in [2.05, 4.69) is 60.3 Å². The maximum absolute atomic E-state index is 12.1. The van der Waals surface area contributed by atoms with Crippen LogP contribution in [0.3, 0.4) is 0 Å². The summed E-state index contributed by atoms with van der Waals surface area (Å²) in [5.41, 5.74) is 2.34. The summed E-state index contributed by atoms with van der Waals surface area (Å²) in [5, 5.41) is 0. The van der Waals surface area contributed by atoms with Gasteiger partial charge in [0.2, 0.25) is 0 Å². The molecule has 3 saturated carbocycles. The van der Waals surface area contributed by atoms with Crippen molar-refractivity contribution < 1.29 is 9.22 Å². The van der Waals surface area contributed by atoms with Crippen LogP contribution in [-0.2, 0) is 9.22 Å². The Kier molecular flexibility index (Phi) is 7.18. The maximum atomic E-state index is 12.1. The SMILES string of the molecule is CC(C)C(CC[C@H](C)C1CCC2C3CCC4=CC(=O)CCC4(C)C3CCC21C)O[Si](C)(C)C. The van der Waals surface area contributed by atoms with Crippen molar-refractivity contribution >= 4 is 14.1 Å². The van der Waals surface area contributed by atoms with Gasteiger partial charge in [-0.2, -0.15) is 0 Å². The van der Waals surface area contributed by atoms with Gasteiger partial charge in [-0.25, -0.2) is 0 Å². The van der Waals surface area contributed by atoms with E-state index in [1.807, 2.05) is 0 Å². The molecule has 4 rings (SSSR count). The van der Waals surface area contributed by atoms with Crippen LogP contribution in [0.25, 0.3) is 0 Å². The fourth-order valence-corrected chi connectivity index (χ4v) is 10.4. The molecule has 3 heteroatoms. The van der Waals surface area contributed by atoms with Crippen molar-refractivity contribution in [2.75, 3.05) is 0 Å². The molecule has 0 aromatic heterocycles. The smallest absolute Gasteiger partial charge is 0.184 e. The summed E-state index contributed by atoms with van der Waals surface area (Å²) in [6, 6.07) is 0. The first-order valence-corrected chi connectivity index (χ1v) is 17.7. The van der Waals surface area contributed by atoms with Gasteiger partial charge in [0.1, 0.15) is 0 Å². The maximum Gasteiger partial charge on any atom is 0.184 e. The van der Waals surface area contributed by atoms with Crippen molar-refractivity contribution in [3.8, 4) is 0 Å². The van der Waals surface area contributed by atoms with Crippen molar-refractivity contribution in [1.29, 1.82) is 0 Å². The molecule has 33 heavy (non-hydrogen) atoms. The molecule has 7 unspecified atom stereocenters. The third-order valence-electron chi connectivity index (χ3n) is 10.9. The minimum Gasteiger partial charge on any atom is -0.414 e. The molecule has 0 aliphatic heterocycles. The average Bonchev–Trinajstić information content (AvgIpc) is 3.07. The number of rotatable bonds is 7. The van der Waals surface area contributed by atoms with E-state index < -0.39 is 8.32 Å². The Morgan fingerprint density at radius 1 is 0.970 bits per heavy atom. The summed E-state index contributed by atoms with van der Waals surface area (Å²) in [6.07, 6.45) is 15.1. The van der Waals surface area contributed by atoms with E-state index in [1.165, 1.54) is 56.9 Å². The van der Waals surface area contributed by atoms with Crippen LogP contribution >= 0.6 is 0 Å². The minimum atomic E-state index is -1.50. The molecule has 0 heterocycles. The number of fused-ring (bicyclic) bond motifs is 5. The van der Waals surface area contributed by atoms with E-state index in [0.717, 1.165) is 42.4 Å². The van der Waals surface area contributed by atoms with Crippen molar-refractivity contribution in [3.05, 3.63) is 11.6 Å². The standard InChI is InChI=1S/C30H52O2Si/c1-20(2)28(32-33(6,7)8)14-9-21(3)25-12-13-26-24-11-10-22-19-23(31)15-17-29(22,4)27(24)16-18-30(25,26)5/h19-21,24-28H,9-18H2,1-8H3/t21-,24?,25?,26?,27?,28?,29?,30?/m0/s1. The van der Waals surface area contributed by atoms with Gasteiger partial charge in [-0.05, 0) is 130 Å². The molecule has 0 spiro atoms. The lowest BCUT2D eigenvalue weighted by Gasteiger charge is -2.58. The molecule has 4 aliphatic carbocycles. The largest absolute Gasteiger partial charge is 0.414 e. The van der Waals surface area contributed by atoms with Gasteiger partial charge in [-0.15, -0.1) is 0 Å². The number of ketones is 1. The Bertz CT molecular complexity index is 764. The van der Waals surface area contributed by atoms with E-state index in [1.54, 1.807) is 0 Å². The van der Waals surface area contributed by atoms with Gasteiger partial charge in [-0.3, -0.25) is 4.79 Å². The lowest BCUT2D eigenvalue weighted by molar-refractivity contribution is -0.117. The quantitative estimate of drug-likeness (QED) is 0.347. The van der Waals surface area contributed by atoms with E-state index in [-0.39, 0.29) is 0 Å². The predicted molar refractivity (Wildman–Crippen MR) is 142 cm³/mol. The molecular formula is C30H52O2Si. The van der Waals surface area contributed by atoms with E-state index in [0.29, 0.717) is 28.6 Å². The molecular weight excluding hydrogens is 420 g/mol. The van der Waals surface area contributed by atoms with Gasteiger partial charge in [-0.1, -0.05) is 40.2 Å². The van der Waals surface area contributed by atoms with E-state index >= 15 is 0 Å². The van der Waals surface area contributed by atoms with Crippen LogP contribution in [0.5, 0.6) is 0 Å². The van der Waals surface area contributed by atoms with Crippen molar-refractivity contribution in [1.82, 2.24) is 0 Å². The Balaban J connectivity index is 1.44. The lowest BCUT2D eigenvalue weighted by Crippen LogP contribution is -2.51. The summed E-state index contributed by atoms with van der Waals surface area (Å²) in [6.45, 7) is 19.4. The first-order chi connectivity index (χ1) is 15.3. The van der Waals surface area contributed by atoms with Gasteiger partial charge < -0.3 is 4.43 Å². The topological polar surface area (TPSA) is 26.3 Å². The molecule has 0 amide bonds. The first-order valence-electron chi connectivity index (χ1n) is 14.3. The molecule has 0 bridgehead atoms. The number of hydrogen-bond donors (Lipinski definition) is 0. The Morgan fingerprint density at radius 2 is 1.70 bits per heavy atom. The Morgan fingerprint density at radius 3 is 2.36 bits per heavy atom. The van der Waals surface area contributed by atoms with Gasteiger partial charge in [0, 0.05) is 12.5 Å². The van der Waals surface area contributed by atoms with Gasteiger partial charge in [0.05, 0.1) is 0 Å². The second-order valence-corrected chi connectivity index (χ2v) is 18.7. The number of hydrogen-bond acceptors (Lipinski definition) is 2. The zero-order valence-corrected chi connectivity index (χ0v) is 24.0. The van der Waals surface area contributed by atoms with Gasteiger partial charge in [0.25, 0.3) is 0 Å². The highest BCUT2D eigenvalue weighted by atomic mass is 28.4. The number of allylic oxidation sites excluding steroid dienone is 1. The number of carbonyl (C=O) groups is 1. The number of carbonyl (C=O) groups excluding carboxylic acids is 1. The molecule has 0 saturated heterocycles. The molecule has 0 aromatic rings. The summed E-state index contributed by atoms with van der Waals surface area (Å²) < 4.78 is 6.59. The minimum absolute atomic E-state index is 0.306. The van der Waals surface area contributed by atoms with Crippen LogP contribution in [0, 0.1) is 46.3 Å². The molecule has 0 aromatic carbocycles.